The smallest absolute Gasteiger partial charge is 0.239 e. The molecule has 1 amide bonds. The molecule has 1 aliphatic rings. The van der Waals surface area contributed by atoms with Crippen molar-refractivity contribution in [3.63, 3.8) is 0 Å². The zero-order valence-corrected chi connectivity index (χ0v) is 17.9. The fourth-order valence-electron chi connectivity index (χ4n) is 3.19. The summed E-state index contributed by atoms with van der Waals surface area (Å²) in [5.74, 6) is 0.782. The zero-order valence-electron chi connectivity index (χ0n) is 15.5. The highest BCUT2D eigenvalue weighted by Crippen LogP contribution is 2.17. The van der Waals surface area contributed by atoms with Gasteiger partial charge in [-0.15, -0.1) is 24.0 Å². The standard InChI is InChI=1S/C19H30N4O.HI/c1-15-9-7-8-10-16(15)14-23(3)19(20-2)21-13-18(24)22-17-11-5-4-6-12-17;/h7-10,17H,4-6,11-14H2,1-3H3,(H,20,21)(H,22,24);1H. The third-order valence-corrected chi connectivity index (χ3v) is 4.62. The number of nitrogens with zero attached hydrogens (tertiary/aromatic N) is 2. The van der Waals surface area contributed by atoms with Crippen LogP contribution in [0.1, 0.15) is 43.2 Å². The van der Waals surface area contributed by atoms with Gasteiger partial charge in [0.1, 0.15) is 0 Å². The Morgan fingerprint density at radius 1 is 1.24 bits per heavy atom. The lowest BCUT2D eigenvalue weighted by molar-refractivity contribution is -0.120. The highest BCUT2D eigenvalue weighted by molar-refractivity contribution is 14.0. The minimum atomic E-state index is 0. The molecular formula is C19H31IN4O. The molecule has 0 aromatic heterocycles. The first-order valence-electron chi connectivity index (χ1n) is 8.86. The van der Waals surface area contributed by atoms with Gasteiger partial charge in [0.25, 0.3) is 0 Å². The molecule has 25 heavy (non-hydrogen) atoms. The summed E-state index contributed by atoms with van der Waals surface area (Å²) in [6.07, 6.45) is 5.95. The molecule has 0 atom stereocenters. The summed E-state index contributed by atoms with van der Waals surface area (Å²) < 4.78 is 0. The zero-order chi connectivity index (χ0) is 17.4. The van der Waals surface area contributed by atoms with Gasteiger partial charge < -0.3 is 15.5 Å². The summed E-state index contributed by atoms with van der Waals surface area (Å²) >= 11 is 0. The van der Waals surface area contributed by atoms with Crippen LogP contribution in [0, 0.1) is 6.92 Å². The number of halogens is 1. The van der Waals surface area contributed by atoms with Crippen LogP contribution in [-0.4, -0.2) is 43.4 Å². The Hall–Kier alpha value is -1.31. The Kier molecular flexibility index (Phi) is 9.85. The van der Waals surface area contributed by atoms with Gasteiger partial charge in [-0.3, -0.25) is 9.79 Å². The lowest BCUT2D eigenvalue weighted by atomic mass is 9.95. The van der Waals surface area contributed by atoms with E-state index in [1.165, 1.54) is 30.4 Å². The Bertz CT molecular complexity index is 570. The van der Waals surface area contributed by atoms with Crippen LogP contribution in [0.2, 0.25) is 0 Å². The molecule has 0 unspecified atom stereocenters. The minimum absolute atomic E-state index is 0. The van der Waals surface area contributed by atoms with Crippen molar-refractivity contribution in [2.45, 2.75) is 51.6 Å². The number of carbonyl (C=O) groups excluding carboxylic acids is 1. The second kappa shape index (κ2) is 11.3. The van der Waals surface area contributed by atoms with E-state index in [-0.39, 0.29) is 36.4 Å². The van der Waals surface area contributed by atoms with Crippen molar-refractivity contribution in [3.8, 4) is 0 Å². The van der Waals surface area contributed by atoms with Crippen molar-refractivity contribution >= 4 is 35.8 Å². The van der Waals surface area contributed by atoms with E-state index in [1.54, 1.807) is 7.05 Å². The van der Waals surface area contributed by atoms with Crippen LogP contribution in [0.3, 0.4) is 0 Å². The van der Waals surface area contributed by atoms with Crippen molar-refractivity contribution in [3.05, 3.63) is 35.4 Å². The molecule has 140 valence electrons. The van der Waals surface area contributed by atoms with E-state index in [4.69, 9.17) is 0 Å². The van der Waals surface area contributed by atoms with E-state index in [0.717, 1.165) is 25.3 Å². The Morgan fingerprint density at radius 2 is 1.92 bits per heavy atom. The first kappa shape index (κ1) is 21.7. The molecule has 0 spiro atoms. The van der Waals surface area contributed by atoms with Gasteiger partial charge in [0, 0.05) is 26.7 Å². The molecule has 0 bridgehead atoms. The van der Waals surface area contributed by atoms with Gasteiger partial charge in [-0.25, -0.2) is 0 Å². The van der Waals surface area contributed by atoms with Crippen LogP contribution < -0.4 is 10.6 Å². The summed E-state index contributed by atoms with van der Waals surface area (Å²) in [6, 6.07) is 8.66. The molecule has 0 saturated heterocycles. The summed E-state index contributed by atoms with van der Waals surface area (Å²) in [4.78, 5) is 18.4. The van der Waals surface area contributed by atoms with Gasteiger partial charge in [-0.05, 0) is 30.9 Å². The van der Waals surface area contributed by atoms with Crippen LogP contribution >= 0.6 is 24.0 Å². The number of rotatable bonds is 5. The first-order chi connectivity index (χ1) is 11.6. The highest BCUT2D eigenvalue weighted by Gasteiger charge is 2.16. The molecule has 0 aliphatic heterocycles. The second-order valence-electron chi connectivity index (χ2n) is 6.59. The number of hydrogen-bond donors (Lipinski definition) is 2. The maximum atomic E-state index is 12.1. The molecular weight excluding hydrogens is 427 g/mol. The fourth-order valence-corrected chi connectivity index (χ4v) is 3.19. The molecule has 5 nitrogen and oxygen atoms in total. The highest BCUT2D eigenvalue weighted by atomic mass is 127. The van der Waals surface area contributed by atoms with Crippen LogP contribution in [0.15, 0.2) is 29.3 Å². The van der Waals surface area contributed by atoms with E-state index in [9.17, 15) is 4.79 Å². The Balaban J connectivity index is 0.00000312. The maximum absolute atomic E-state index is 12.1. The van der Waals surface area contributed by atoms with E-state index >= 15 is 0 Å². The molecule has 2 rings (SSSR count). The fraction of sp³-hybridized carbons (Fsp3) is 0.579. The molecule has 1 aromatic carbocycles. The Morgan fingerprint density at radius 3 is 2.56 bits per heavy atom. The largest absolute Gasteiger partial charge is 0.352 e. The van der Waals surface area contributed by atoms with E-state index < -0.39 is 0 Å². The van der Waals surface area contributed by atoms with Crippen LogP contribution in [0.4, 0.5) is 0 Å². The molecule has 1 fully saturated rings. The van der Waals surface area contributed by atoms with Crippen molar-refractivity contribution in [2.75, 3.05) is 20.6 Å². The molecule has 2 N–H and O–H groups in total. The third kappa shape index (κ3) is 7.22. The molecule has 6 heteroatoms. The van der Waals surface area contributed by atoms with Crippen molar-refractivity contribution < 1.29 is 4.79 Å². The predicted octanol–water partition coefficient (Wildman–Crippen LogP) is 3.07. The number of hydrogen-bond acceptors (Lipinski definition) is 2. The lowest BCUT2D eigenvalue weighted by Crippen LogP contribution is -2.46. The van der Waals surface area contributed by atoms with Crippen LogP contribution in [0.25, 0.3) is 0 Å². The van der Waals surface area contributed by atoms with Gasteiger partial charge in [0.2, 0.25) is 5.91 Å². The van der Waals surface area contributed by atoms with Crippen LogP contribution in [0.5, 0.6) is 0 Å². The number of benzene rings is 1. The van der Waals surface area contributed by atoms with Gasteiger partial charge in [-0.2, -0.15) is 0 Å². The monoisotopic (exact) mass is 458 g/mol. The molecule has 1 aliphatic carbocycles. The minimum Gasteiger partial charge on any atom is -0.352 e. The molecule has 1 aromatic rings. The quantitative estimate of drug-likeness (QED) is 0.405. The summed E-state index contributed by atoms with van der Waals surface area (Å²) in [5, 5.41) is 6.28. The Labute approximate surface area is 168 Å². The van der Waals surface area contributed by atoms with Crippen molar-refractivity contribution in [1.29, 1.82) is 0 Å². The number of aryl methyl sites for hydroxylation is 1. The SMILES string of the molecule is CN=C(NCC(=O)NC1CCCCC1)N(C)Cc1ccccc1C.I. The van der Waals surface area contributed by atoms with Crippen molar-refractivity contribution in [1.82, 2.24) is 15.5 Å². The molecule has 0 radical (unpaired) electrons. The normalized spacial score (nSPS) is 15.2. The van der Waals surface area contributed by atoms with Gasteiger partial charge >= 0.3 is 0 Å². The average molecular weight is 458 g/mol. The number of aliphatic imine (C=N–C) groups is 1. The van der Waals surface area contributed by atoms with E-state index in [0.29, 0.717) is 6.04 Å². The number of nitrogens with one attached hydrogen (secondary N) is 2. The summed E-state index contributed by atoms with van der Waals surface area (Å²) in [6.45, 7) is 3.13. The second-order valence-corrected chi connectivity index (χ2v) is 6.59. The first-order valence-corrected chi connectivity index (χ1v) is 8.86. The average Bonchev–Trinajstić information content (AvgIpc) is 2.58. The molecule has 1 saturated carbocycles. The summed E-state index contributed by atoms with van der Waals surface area (Å²) in [5.41, 5.74) is 2.52. The maximum Gasteiger partial charge on any atom is 0.239 e. The molecule has 0 heterocycles. The van der Waals surface area contributed by atoms with Gasteiger partial charge in [0.05, 0.1) is 6.54 Å². The third-order valence-electron chi connectivity index (χ3n) is 4.62. The van der Waals surface area contributed by atoms with Gasteiger partial charge in [0.15, 0.2) is 5.96 Å². The number of guanidine groups is 1. The number of amides is 1. The van der Waals surface area contributed by atoms with Crippen molar-refractivity contribution in [2.24, 2.45) is 4.99 Å². The van der Waals surface area contributed by atoms with E-state index in [2.05, 4.69) is 34.7 Å². The van der Waals surface area contributed by atoms with E-state index in [1.807, 2.05) is 24.1 Å². The van der Waals surface area contributed by atoms with Gasteiger partial charge in [-0.1, -0.05) is 43.5 Å². The van der Waals surface area contributed by atoms with Crippen LogP contribution in [-0.2, 0) is 11.3 Å². The topological polar surface area (TPSA) is 56.7 Å². The number of carbonyl (C=O) groups is 1. The summed E-state index contributed by atoms with van der Waals surface area (Å²) in [7, 11) is 3.73. The lowest BCUT2D eigenvalue weighted by Gasteiger charge is -2.25. The predicted molar refractivity (Wildman–Crippen MR) is 114 cm³/mol.